The Labute approximate surface area is 182 Å². The van der Waals surface area contributed by atoms with Crippen molar-refractivity contribution in [2.45, 2.75) is 11.7 Å². The van der Waals surface area contributed by atoms with E-state index < -0.39 is 0 Å². The summed E-state index contributed by atoms with van der Waals surface area (Å²) >= 11 is 13.5. The predicted octanol–water partition coefficient (Wildman–Crippen LogP) is 5.18. The monoisotopic (exact) mass is 448 g/mol. The first-order valence-electron chi connectivity index (χ1n) is 8.58. The molecule has 0 aliphatic carbocycles. The first-order valence-corrected chi connectivity index (χ1v) is 10.3. The predicted molar refractivity (Wildman–Crippen MR) is 118 cm³/mol. The zero-order valence-electron chi connectivity index (χ0n) is 15.6. The normalized spacial score (nSPS) is 10.6. The highest BCUT2D eigenvalue weighted by Gasteiger charge is 2.15. The van der Waals surface area contributed by atoms with Crippen LogP contribution in [0.2, 0.25) is 10.0 Å². The smallest absolute Gasteiger partial charge is 0.234 e. The topological polar surface area (TPSA) is 69.0 Å². The van der Waals surface area contributed by atoms with Crippen LogP contribution >= 0.6 is 35.0 Å². The van der Waals surface area contributed by atoms with Crippen molar-refractivity contribution in [3.05, 3.63) is 65.2 Å². The number of nitrogens with zero attached hydrogens (tertiary/aromatic N) is 3. The number of anilines is 1. The van der Waals surface area contributed by atoms with E-state index in [4.69, 9.17) is 27.9 Å². The number of hydrogen-bond donors (Lipinski definition) is 1. The molecule has 1 N–H and O–H groups in total. The average Bonchev–Trinajstić information content (AvgIpc) is 3.09. The Bertz CT molecular complexity index is 1040. The molecule has 0 radical (unpaired) electrons. The van der Waals surface area contributed by atoms with Crippen LogP contribution in [0.5, 0.6) is 5.75 Å². The Hall–Kier alpha value is -2.48. The molecule has 2 aromatic carbocycles. The van der Waals surface area contributed by atoms with Gasteiger partial charge in [-0.25, -0.2) is 0 Å². The van der Waals surface area contributed by atoms with Crippen molar-refractivity contribution in [2.24, 2.45) is 0 Å². The van der Waals surface area contributed by atoms with Crippen LogP contribution in [-0.4, -0.2) is 33.5 Å². The van der Waals surface area contributed by atoms with Crippen molar-refractivity contribution in [1.29, 1.82) is 0 Å². The van der Waals surface area contributed by atoms with Gasteiger partial charge in [-0.15, -0.1) is 16.8 Å². The Kier molecular flexibility index (Phi) is 7.19. The summed E-state index contributed by atoms with van der Waals surface area (Å²) in [5.41, 5.74) is 1.43. The van der Waals surface area contributed by atoms with Gasteiger partial charge >= 0.3 is 0 Å². The van der Waals surface area contributed by atoms with Gasteiger partial charge in [0.05, 0.1) is 17.9 Å². The Balaban J connectivity index is 1.71. The number of rotatable bonds is 8. The maximum atomic E-state index is 12.3. The molecule has 6 nitrogen and oxygen atoms in total. The van der Waals surface area contributed by atoms with Crippen LogP contribution in [0.3, 0.4) is 0 Å². The fraction of sp³-hybridized carbons (Fsp3) is 0.150. The van der Waals surface area contributed by atoms with Gasteiger partial charge in [0.2, 0.25) is 5.91 Å². The number of hydrogen-bond acceptors (Lipinski definition) is 5. The van der Waals surface area contributed by atoms with Crippen molar-refractivity contribution in [3.63, 3.8) is 0 Å². The fourth-order valence-corrected chi connectivity index (χ4v) is 3.80. The molecule has 1 amide bonds. The molecule has 1 heterocycles. The van der Waals surface area contributed by atoms with Crippen LogP contribution in [0.1, 0.15) is 0 Å². The maximum absolute atomic E-state index is 12.3. The summed E-state index contributed by atoms with van der Waals surface area (Å²) in [5, 5.41) is 12.9. The first-order chi connectivity index (χ1) is 14.0. The van der Waals surface area contributed by atoms with E-state index in [0.29, 0.717) is 39.0 Å². The van der Waals surface area contributed by atoms with E-state index in [1.807, 2.05) is 22.8 Å². The van der Waals surface area contributed by atoms with Crippen molar-refractivity contribution in [1.82, 2.24) is 14.8 Å². The third kappa shape index (κ3) is 5.32. The second kappa shape index (κ2) is 9.82. The minimum Gasteiger partial charge on any atom is -0.495 e. The van der Waals surface area contributed by atoms with Gasteiger partial charge in [0.15, 0.2) is 11.0 Å². The molecule has 0 fully saturated rings. The van der Waals surface area contributed by atoms with E-state index in [-0.39, 0.29) is 11.7 Å². The number of carbonyl (C=O) groups is 1. The van der Waals surface area contributed by atoms with Gasteiger partial charge < -0.3 is 10.1 Å². The quantitative estimate of drug-likeness (QED) is 0.379. The minimum absolute atomic E-state index is 0.161. The number of amides is 1. The van der Waals surface area contributed by atoms with Crippen LogP contribution < -0.4 is 10.1 Å². The summed E-state index contributed by atoms with van der Waals surface area (Å²) in [6, 6.07) is 12.4. The van der Waals surface area contributed by atoms with Gasteiger partial charge in [-0.1, -0.05) is 53.2 Å². The zero-order chi connectivity index (χ0) is 20.8. The SMILES string of the molecule is C=CCn1c(SCC(=O)Nc2ccc(OC)c(Cl)c2)nnc1-c1cccc(Cl)c1. The van der Waals surface area contributed by atoms with Crippen molar-refractivity contribution in [2.75, 3.05) is 18.2 Å². The number of carbonyl (C=O) groups excluding carboxylic acids is 1. The highest BCUT2D eigenvalue weighted by Crippen LogP contribution is 2.28. The highest BCUT2D eigenvalue weighted by molar-refractivity contribution is 7.99. The number of halogens is 2. The Morgan fingerprint density at radius 3 is 2.79 bits per heavy atom. The summed E-state index contributed by atoms with van der Waals surface area (Å²) in [5.74, 6) is 1.19. The Morgan fingerprint density at radius 2 is 2.10 bits per heavy atom. The van der Waals surface area contributed by atoms with Gasteiger partial charge in [0, 0.05) is 22.8 Å². The molecular weight excluding hydrogens is 431 g/mol. The number of thioether (sulfide) groups is 1. The van der Waals surface area contributed by atoms with Crippen LogP contribution in [0.4, 0.5) is 5.69 Å². The summed E-state index contributed by atoms with van der Waals surface area (Å²) in [6.07, 6.45) is 1.75. The van der Waals surface area contributed by atoms with Crippen LogP contribution in [0.25, 0.3) is 11.4 Å². The first kappa shape index (κ1) is 21.2. The molecule has 0 aliphatic rings. The third-order valence-corrected chi connectivity index (χ3v) is 5.38. The number of methoxy groups -OCH3 is 1. The largest absolute Gasteiger partial charge is 0.495 e. The van der Waals surface area contributed by atoms with E-state index in [1.54, 1.807) is 30.3 Å². The standard InChI is InChI=1S/C20H18Cl2N4O2S/c1-3-9-26-19(13-5-4-6-14(21)10-13)24-25-20(26)29-12-18(27)23-15-7-8-17(28-2)16(22)11-15/h3-8,10-11H,1,9,12H2,2H3,(H,23,27). The number of benzene rings is 2. The average molecular weight is 449 g/mol. The zero-order valence-corrected chi connectivity index (χ0v) is 17.9. The van der Waals surface area contributed by atoms with Gasteiger partial charge in [-0.2, -0.15) is 0 Å². The lowest BCUT2D eigenvalue weighted by Crippen LogP contribution is -2.14. The van der Waals surface area contributed by atoms with Gasteiger partial charge in [0.25, 0.3) is 0 Å². The summed E-state index contributed by atoms with van der Waals surface area (Å²) in [4.78, 5) is 12.3. The molecule has 0 saturated heterocycles. The van der Waals surface area contributed by atoms with Crippen LogP contribution in [0.15, 0.2) is 60.3 Å². The molecule has 0 unspecified atom stereocenters. The molecule has 9 heteroatoms. The molecule has 3 rings (SSSR count). The van der Waals surface area contributed by atoms with E-state index in [0.717, 1.165) is 5.56 Å². The van der Waals surface area contributed by atoms with E-state index in [2.05, 4.69) is 22.1 Å². The fourth-order valence-electron chi connectivity index (χ4n) is 2.60. The lowest BCUT2D eigenvalue weighted by molar-refractivity contribution is -0.113. The molecule has 0 bridgehead atoms. The van der Waals surface area contributed by atoms with Gasteiger partial charge in [-0.05, 0) is 30.3 Å². The number of allylic oxidation sites excluding steroid dienone is 1. The van der Waals surface area contributed by atoms with Crippen molar-refractivity contribution in [3.8, 4) is 17.1 Å². The maximum Gasteiger partial charge on any atom is 0.234 e. The second-order valence-corrected chi connectivity index (χ2v) is 7.69. The van der Waals surface area contributed by atoms with Crippen molar-refractivity contribution < 1.29 is 9.53 Å². The molecule has 1 aromatic heterocycles. The third-order valence-electron chi connectivity index (χ3n) is 3.88. The van der Waals surface area contributed by atoms with Crippen LogP contribution in [-0.2, 0) is 11.3 Å². The molecule has 0 atom stereocenters. The molecule has 150 valence electrons. The van der Waals surface area contributed by atoms with Crippen LogP contribution in [0, 0.1) is 0 Å². The van der Waals surface area contributed by atoms with Gasteiger partial charge in [-0.3, -0.25) is 9.36 Å². The number of ether oxygens (including phenoxy) is 1. The van der Waals surface area contributed by atoms with Crippen molar-refractivity contribution >= 4 is 46.6 Å². The van der Waals surface area contributed by atoms with Gasteiger partial charge in [0.1, 0.15) is 5.75 Å². The van der Waals surface area contributed by atoms with E-state index in [9.17, 15) is 4.79 Å². The molecular formula is C20H18Cl2N4O2S. The molecule has 0 spiro atoms. The summed E-state index contributed by atoms with van der Waals surface area (Å²) in [6.45, 7) is 4.30. The van der Waals surface area contributed by atoms with E-state index >= 15 is 0 Å². The lowest BCUT2D eigenvalue weighted by atomic mass is 10.2. The number of nitrogens with one attached hydrogen (secondary N) is 1. The summed E-state index contributed by atoms with van der Waals surface area (Å²) in [7, 11) is 1.53. The highest BCUT2D eigenvalue weighted by atomic mass is 35.5. The minimum atomic E-state index is -0.186. The molecule has 29 heavy (non-hydrogen) atoms. The molecule has 0 aliphatic heterocycles. The Morgan fingerprint density at radius 1 is 1.28 bits per heavy atom. The summed E-state index contributed by atoms with van der Waals surface area (Å²) < 4.78 is 7.00. The number of aromatic nitrogens is 3. The molecule has 0 saturated carbocycles. The molecule has 3 aromatic rings. The van der Waals surface area contributed by atoms with E-state index in [1.165, 1.54) is 18.9 Å². The lowest BCUT2D eigenvalue weighted by Gasteiger charge is -2.09. The second-order valence-electron chi connectivity index (χ2n) is 5.90.